The molecule has 3 N–H and O–H groups in total. The van der Waals surface area contributed by atoms with Crippen molar-refractivity contribution in [1.29, 1.82) is 0 Å². The Morgan fingerprint density at radius 2 is 2.28 bits per heavy atom. The highest BCUT2D eigenvalue weighted by Crippen LogP contribution is 2.31. The minimum atomic E-state index is -0.0472. The molecule has 1 fully saturated rings. The zero-order chi connectivity index (χ0) is 20.2. The Morgan fingerprint density at radius 3 is 3.00 bits per heavy atom. The molecular weight excluding hydrogens is 368 g/mol. The summed E-state index contributed by atoms with van der Waals surface area (Å²) in [6, 6.07) is 6.25. The number of anilines is 1. The molecule has 8 nitrogen and oxygen atoms in total. The van der Waals surface area contributed by atoms with Crippen LogP contribution in [0.5, 0.6) is 5.75 Å². The van der Waals surface area contributed by atoms with Crippen molar-refractivity contribution >= 4 is 17.5 Å². The summed E-state index contributed by atoms with van der Waals surface area (Å²) in [6.07, 6.45) is 9.40. The van der Waals surface area contributed by atoms with Gasteiger partial charge in [-0.3, -0.25) is 4.99 Å². The SMILES string of the molecule is C/N=C\c1cnn2cc(OCCO)cc(-c3ccc(N4CCC[C@H](N)C4)nc3)c12. The molecule has 1 saturated heterocycles. The molecule has 8 heteroatoms. The lowest BCUT2D eigenvalue weighted by atomic mass is 10.0. The minimum absolute atomic E-state index is 0.0472. The molecule has 1 aliphatic rings. The van der Waals surface area contributed by atoms with Gasteiger partial charge < -0.3 is 20.5 Å². The number of aliphatic hydroxyl groups excluding tert-OH is 1. The third kappa shape index (κ3) is 4.08. The number of fused-ring (bicyclic) bond motifs is 1. The number of aliphatic hydroxyl groups is 1. The first-order valence-corrected chi connectivity index (χ1v) is 9.83. The van der Waals surface area contributed by atoms with Gasteiger partial charge in [0.15, 0.2) is 0 Å². The quantitative estimate of drug-likeness (QED) is 0.618. The van der Waals surface area contributed by atoms with Crippen LogP contribution in [0.2, 0.25) is 0 Å². The maximum Gasteiger partial charge on any atom is 0.138 e. The summed E-state index contributed by atoms with van der Waals surface area (Å²) >= 11 is 0. The van der Waals surface area contributed by atoms with Crippen LogP contribution in [0.3, 0.4) is 0 Å². The molecule has 0 aromatic carbocycles. The van der Waals surface area contributed by atoms with Gasteiger partial charge in [0.2, 0.25) is 0 Å². The molecule has 4 rings (SSSR count). The number of pyridine rings is 2. The number of nitrogens with zero attached hydrogens (tertiary/aromatic N) is 5. The first-order chi connectivity index (χ1) is 14.2. The molecule has 0 radical (unpaired) electrons. The second-order valence-corrected chi connectivity index (χ2v) is 7.20. The molecule has 29 heavy (non-hydrogen) atoms. The zero-order valence-corrected chi connectivity index (χ0v) is 16.5. The molecule has 3 aromatic rings. The molecule has 0 spiro atoms. The molecule has 0 amide bonds. The van der Waals surface area contributed by atoms with Gasteiger partial charge in [0, 0.05) is 55.3 Å². The fraction of sp³-hybridized carbons (Fsp3) is 0.381. The second-order valence-electron chi connectivity index (χ2n) is 7.20. The normalized spacial score (nSPS) is 17.3. The van der Waals surface area contributed by atoms with E-state index in [0.717, 1.165) is 54.0 Å². The summed E-state index contributed by atoms with van der Waals surface area (Å²) in [4.78, 5) is 11.1. The van der Waals surface area contributed by atoms with E-state index in [1.54, 1.807) is 30.2 Å². The summed E-state index contributed by atoms with van der Waals surface area (Å²) in [5.41, 5.74) is 9.87. The van der Waals surface area contributed by atoms with E-state index < -0.39 is 0 Å². The lowest BCUT2D eigenvalue weighted by Crippen LogP contribution is -2.43. The Morgan fingerprint density at radius 1 is 1.38 bits per heavy atom. The minimum Gasteiger partial charge on any atom is -0.490 e. The molecule has 3 aromatic heterocycles. The van der Waals surface area contributed by atoms with E-state index in [1.807, 2.05) is 18.3 Å². The number of aromatic nitrogens is 3. The lowest BCUT2D eigenvalue weighted by molar-refractivity contribution is 0.201. The van der Waals surface area contributed by atoms with Gasteiger partial charge in [-0.2, -0.15) is 5.10 Å². The predicted octanol–water partition coefficient (Wildman–Crippen LogP) is 1.74. The number of hydrogen-bond donors (Lipinski definition) is 2. The fourth-order valence-corrected chi connectivity index (χ4v) is 3.77. The highest BCUT2D eigenvalue weighted by atomic mass is 16.5. The number of ether oxygens (including phenoxy) is 1. The highest BCUT2D eigenvalue weighted by molar-refractivity contribution is 5.96. The van der Waals surface area contributed by atoms with Gasteiger partial charge in [-0.05, 0) is 31.0 Å². The van der Waals surface area contributed by atoms with E-state index in [2.05, 4.69) is 21.1 Å². The molecule has 152 valence electrons. The Kier molecular flexibility index (Phi) is 5.73. The maximum atomic E-state index is 9.09. The number of aliphatic imine (C=N–C) groups is 1. The van der Waals surface area contributed by atoms with Crippen molar-refractivity contribution in [2.75, 3.05) is 38.3 Å². The molecule has 0 bridgehead atoms. The number of hydrogen-bond acceptors (Lipinski definition) is 7. The van der Waals surface area contributed by atoms with Crippen LogP contribution in [0.1, 0.15) is 18.4 Å². The Bertz CT molecular complexity index is 998. The van der Waals surface area contributed by atoms with Crippen LogP contribution in [0.4, 0.5) is 5.82 Å². The smallest absolute Gasteiger partial charge is 0.138 e. The van der Waals surface area contributed by atoms with Crippen LogP contribution >= 0.6 is 0 Å². The van der Waals surface area contributed by atoms with Gasteiger partial charge in [-0.25, -0.2) is 9.50 Å². The van der Waals surface area contributed by atoms with Crippen LogP contribution < -0.4 is 15.4 Å². The lowest BCUT2D eigenvalue weighted by Gasteiger charge is -2.31. The number of piperidine rings is 1. The average molecular weight is 394 g/mol. The van der Waals surface area contributed by atoms with Crippen LogP contribution in [0, 0.1) is 0 Å². The summed E-state index contributed by atoms with van der Waals surface area (Å²) < 4.78 is 7.41. The van der Waals surface area contributed by atoms with Gasteiger partial charge in [0.05, 0.1) is 24.5 Å². The van der Waals surface area contributed by atoms with E-state index in [9.17, 15) is 0 Å². The van der Waals surface area contributed by atoms with Crippen LogP contribution in [0.15, 0.2) is 41.8 Å². The fourth-order valence-electron chi connectivity index (χ4n) is 3.77. The second kappa shape index (κ2) is 8.59. The Hall–Kier alpha value is -2.97. The zero-order valence-electron chi connectivity index (χ0n) is 16.5. The first-order valence-electron chi connectivity index (χ1n) is 9.83. The van der Waals surface area contributed by atoms with Gasteiger partial charge in [0.1, 0.15) is 18.2 Å². The van der Waals surface area contributed by atoms with Crippen LogP contribution in [-0.4, -0.2) is 65.3 Å². The molecule has 0 unspecified atom stereocenters. The predicted molar refractivity (Wildman–Crippen MR) is 114 cm³/mol. The molecule has 0 saturated carbocycles. The third-order valence-corrected chi connectivity index (χ3v) is 5.08. The van der Waals surface area contributed by atoms with Gasteiger partial charge in [-0.1, -0.05) is 0 Å². The van der Waals surface area contributed by atoms with E-state index >= 15 is 0 Å². The molecule has 0 aliphatic carbocycles. The highest BCUT2D eigenvalue weighted by Gasteiger charge is 2.18. The van der Waals surface area contributed by atoms with Gasteiger partial charge >= 0.3 is 0 Å². The van der Waals surface area contributed by atoms with E-state index in [1.165, 1.54) is 0 Å². The summed E-state index contributed by atoms with van der Waals surface area (Å²) in [7, 11) is 1.74. The molecular formula is C21H26N6O2. The topological polar surface area (TPSA) is 101 Å². The maximum absolute atomic E-state index is 9.09. The average Bonchev–Trinajstić information content (AvgIpc) is 3.15. The third-order valence-electron chi connectivity index (χ3n) is 5.08. The Labute approximate surface area is 169 Å². The summed E-state index contributed by atoms with van der Waals surface area (Å²) in [6.45, 7) is 1.99. The number of rotatable bonds is 6. The van der Waals surface area contributed by atoms with Crippen molar-refractivity contribution in [1.82, 2.24) is 14.6 Å². The summed E-state index contributed by atoms with van der Waals surface area (Å²) in [5.74, 6) is 1.58. The van der Waals surface area contributed by atoms with E-state index in [0.29, 0.717) is 5.75 Å². The molecule has 4 heterocycles. The standard InChI is InChI=1S/C21H26N6O2/c1-23-10-16-12-25-27-14-18(29-8-7-28)9-19(21(16)27)15-4-5-20(24-11-15)26-6-2-3-17(22)13-26/h4-5,9-12,14,17,28H,2-3,6-8,13,22H2,1H3/b23-10-/t17-/m0/s1. The van der Waals surface area contributed by atoms with Crippen molar-refractivity contribution in [3.63, 3.8) is 0 Å². The number of nitrogens with two attached hydrogens (primary N) is 1. The largest absolute Gasteiger partial charge is 0.490 e. The van der Waals surface area contributed by atoms with Crippen LogP contribution in [0.25, 0.3) is 16.6 Å². The summed E-state index contributed by atoms with van der Waals surface area (Å²) in [5, 5.41) is 13.5. The van der Waals surface area contributed by atoms with E-state index in [-0.39, 0.29) is 19.3 Å². The Balaban J connectivity index is 1.73. The van der Waals surface area contributed by atoms with Crippen LogP contribution in [-0.2, 0) is 0 Å². The van der Waals surface area contributed by atoms with Crippen molar-refractivity contribution in [3.8, 4) is 16.9 Å². The first kappa shape index (κ1) is 19.4. The molecule has 1 aliphatic heterocycles. The van der Waals surface area contributed by atoms with Crippen molar-refractivity contribution in [2.24, 2.45) is 10.7 Å². The molecule has 1 atom stereocenters. The van der Waals surface area contributed by atoms with Crippen molar-refractivity contribution in [3.05, 3.63) is 42.4 Å². The van der Waals surface area contributed by atoms with Gasteiger partial charge in [0.25, 0.3) is 0 Å². The van der Waals surface area contributed by atoms with Gasteiger partial charge in [-0.15, -0.1) is 0 Å². The van der Waals surface area contributed by atoms with E-state index in [4.69, 9.17) is 20.6 Å². The van der Waals surface area contributed by atoms with Crippen molar-refractivity contribution < 1.29 is 9.84 Å². The monoisotopic (exact) mass is 394 g/mol. The van der Waals surface area contributed by atoms with Crippen molar-refractivity contribution in [2.45, 2.75) is 18.9 Å².